The van der Waals surface area contributed by atoms with E-state index >= 15 is 0 Å². The molecule has 1 fully saturated rings. The quantitative estimate of drug-likeness (QED) is 0.871. The first kappa shape index (κ1) is 12.7. The van der Waals surface area contributed by atoms with Gasteiger partial charge in [0.2, 0.25) is 5.76 Å². The molecule has 1 amide bonds. The van der Waals surface area contributed by atoms with Gasteiger partial charge in [0.25, 0.3) is 5.91 Å². The second-order valence-electron chi connectivity index (χ2n) is 4.96. The molecular formula is C13H17NO4. The number of furan rings is 1. The van der Waals surface area contributed by atoms with E-state index in [-0.39, 0.29) is 23.5 Å². The van der Waals surface area contributed by atoms with Gasteiger partial charge in [-0.25, -0.2) is 4.79 Å². The lowest BCUT2D eigenvalue weighted by atomic mass is 10.2. The van der Waals surface area contributed by atoms with Crippen LogP contribution in [0.3, 0.4) is 0 Å². The van der Waals surface area contributed by atoms with Crippen LogP contribution in [0.2, 0.25) is 0 Å². The lowest BCUT2D eigenvalue weighted by molar-refractivity contribution is 0.0632. The molecule has 1 aromatic rings. The molecule has 18 heavy (non-hydrogen) atoms. The van der Waals surface area contributed by atoms with E-state index < -0.39 is 5.97 Å². The summed E-state index contributed by atoms with van der Waals surface area (Å²) in [5, 5.41) is 8.76. The molecule has 1 N–H and O–H groups in total. The van der Waals surface area contributed by atoms with Crippen molar-refractivity contribution in [2.45, 2.75) is 32.7 Å². The molecule has 2 rings (SSSR count). The third-order valence-electron chi connectivity index (χ3n) is 3.06. The fraction of sp³-hybridized carbons (Fsp3) is 0.538. The van der Waals surface area contributed by atoms with Gasteiger partial charge < -0.3 is 14.4 Å². The average Bonchev–Trinajstić information content (AvgIpc) is 2.97. The Morgan fingerprint density at radius 1 is 1.39 bits per heavy atom. The van der Waals surface area contributed by atoms with Gasteiger partial charge in [-0.1, -0.05) is 0 Å². The third-order valence-corrected chi connectivity index (χ3v) is 3.06. The molecule has 1 aliphatic carbocycles. The highest BCUT2D eigenvalue weighted by atomic mass is 16.4. The van der Waals surface area contributed by atoms with E-state index in [0.717, 1.165) is 19.4 Å². The van der Waals surface area contributed by atoms with Crippen LogP contribution in [0, 0.1) is 5.92 Å². The number of carbonyl (C=O) groups is 2. The summed E-state index contributed by atoms with van der Waals surface area (Å²) in [6.07, 6.45) is 2.32. The van der Waals surface area contributed by atoms with Crippen molar-refractivity contribution in [1.29, 1.82) is 0 Å². The number of amides is 1. The zero-order chi connectivity index (χ0) is 13.3. The molecule has 5 nitrogen and oxygen atoms in total. The minimum atomic E-state index is -1.16. The van der Waals surface area contributed by atoms with E-state index in [1.54, 1.807) is 4.90 Å². The highest BCUT2D eigenvalue weighted by molar-refractivity contribution is 5.93. The number of nitrogens with zero attached hydrogens (tertiary/aromatic N) is 1. The van der Waals surface area contributed by atoms with Crippen LogP contribution in [0.25, 0.3) is 0 Å². The molecule has 0 radical (unpaired) electrons. The SMILES string of the molecule is CC(C)N(CC1CC1)C(=O)c1ccc(C(=O)O)o1. The molecule has 0 aromatic carbocycles. The lowest BCUT2D eigenvalue weighted by Crippen LogP contribution is -2.38. The fourth-order valence-corrected chi connectivity index (χ4v) is 1.82. The van der Waals surface area contributed by atoms with Gasteiger partial charge in [0.05, 0.1) is 0 Å². The summed E-state index contributed by atoms with van der Waals surface area (Å²) in [5.41, 5.74) is 0. The Labute approximate surface area is 105 Å². The van der Waals surface area contributed by atoms with Gasteiger partial charge >= 0.3 is 5.97 Å². The van der Waals surface area contributed by atoms with Crippen molar-refractivity contribution in [3.63, 3.8) is 0 Å². The van der Waals surface area contributed by atoms with Gasteiger partial charge in [0, 0.05) is 12.6 Å². The van der Waals surface area contributed by atoms with Crippen molar-refractivity contribution in [3.05, 3.63) is 23.7 Å². The molecule has 1 aliphatic rings. The Bertz CT molecular complexity index is 459. The number of hydrogen-bond donors (Lipinski definition) is 1. The number of rotatable bonds is 5. The molecule has 98 valence electrons. The molecule has 0 aliphatic heterocycles. The van der Waals surface area contributed by atoms with E-state index in [1.165, 1.54) is 12.1 Å². The van der Waals surface area contributed by atoms with Crippen molar-refractivity contribution in [3.8, 4) is 0 Å². The van der Waals surface area contributed by atoms with Gasteiger partial charge in [-0.3, -0.25) is 4.79 Å². The van der Waals surface area contributed by atoms with E-state index in [9.17, 15) is 9.59 Å². The number of carboxylic acids is 1. The Morgan fingerprint density at radius 2 is 2.00 bits per heavy atom. The maximum Gasteiger partial charge on any atom is 0.371 e. The Morgan fingerprint density at radius 3 is 2.44 bits per heavy atom. The minimum Gasteiger partial charge on any atom is -0.475 e. The molecule has 1 heterocycles. The highest BCUT2D eigenvalue weighted by Crippen LogP contribution is 2.30. The van der Waals surface area contributed by atoms with Crippen LogP contribution >= 0.6 is 0 Å². The zero-order valence-corrected chi connectivity index (χ0v) is 10.5. The molecule has 0 spiro atoms. The van der Waals surface area contributed by atoms with Gasteiger partial charge in [-0.2, -0.15) is 0 Å². The highest BCUT2D eigenvalue weighted by Gasteiger charge is 2.30. The van der Waals surface area contributed by atoms with Crippen LogP contribution in [0.4, 0.5) is 0 Å². The van der Waals surface area contributed by atoms with Crippen molar-refractivity contribution in [1.82, 2.24) is 4.90 Å². The van der Waals surface area contributed by atoms with Crippen LogP contribution in [-0.4, -0.2) is 34.5 Å². The van der Waals surface area contributed by atoms with Gasteiger partial charge in [-0.15, -0.1) is 0 Å². The number of carbonyl (C=O) groups excluding carboxylic acids is 1. The van der Waals surface area contributed by atoms with Crippen LogP contribution in [0.5, 0.6) is 0 Å². The first-order valence-corrected chi connectivity index (χ1v) is 6.13. The molecular weight excluding hydrogens is 234 g/mol. The summed E-state index contributed by atoms with van der Waals surface area (Å²) in [7, 11) is 0. The van der Waals surface area contributed by atoms with Crippen LogP contribution in [-0.2, 0) is 0 Å². The molecule has 5 heteroatoms. The Hall–Kier alpha value is -1.78. The first-order chi connectivity index (χ1) is 8.49. The van der Waals surface area contributed by atoms with Crippen molar-refractivity contribution < 1.29 is 19.1 Å². The molecule has 0 bridgehead atoms. The monoisotopic (exact) mass is 251 g/mol. The third kappa shape index (κ3) is 2.72. The summed E-state index contributed by atoms with van der Waals surface area (Å²) < 4.78 is 5.05. The molecule has 1 aromatic heterocycles. The normalized spacial score (nSPS) is 14.8. The van der Waals surface area contributed by atoms with Crippen LogP contribution in [0.1, 0.15) is 47.8 Å². The minimum absolute atomic E-state index is 0.0801. The summed E-state index contributed by atoms with van der Waals surface area (Å²) in [5.74, 6) is -0.905. The van der Waals surface area contributed by atoms with Gasteiger partial charge in [-0.05, 0) is 44.7 Å². The van der Waals surface area contributed by atoms with Gasteiger partial charge in [0.1, 0.15) is 0 Å². The van der Waals surface area contributed by atoms with E-state index in [2.05, 4.69) is 0 Å². The molecule has 0 unspecified atom stereocenters. The maximum absolute atomic E-state index is 12.2. The summed E-state index contributed by atoms with van der Waals surface area (Å²) in [6.45, 7) is 4.61. The second kappa shape index (κ2) is 4.84. The van der Waals surface area contributed by atoms with E-state index in [0.29, 0.717) is 5.92 Å². The zero-order valence-electron chi connectivity index (χ0n) is 10.5. The summed E-state index contributed by atoms with van der Waals surface area (Å²) in [4.78, 5) is 24.7. The molecule has 0 saturated heterocycles. The summed E-state index contributed by atoms with van der Waals surface area (Å²) in [6, 6.07) is 2.82. The Balaban J connectivity index is 2.12. The van der Waals surface area contributed by atoms with E-state index in [4.69, 9.17) is 9.52 Å². The largest absolute Gasteiger partial charge is 0.475 e. The molecule has 0 atom stereocenters. The number of aromatic carboxylic acids is 1. The van der Waals surface area contributed by atoms with Crippen molar-refractivity contribution >= 4 is 11.9 Å². The molecule has 1 saturated carbocycles. The first-order valence-electron chi connectivity index (χ1n) is 6.13. The van der Waals surface area contributed by atoms with E-state index in [1.807, 2.05) is 13.8 Å². The topological polar surface area (TPSA) is 70.8 Å². The summed E-state index contributed by atoms with van der Waals surface area (Å²) >= 11 is 0. The van der Waals surface area contributed by atoms with Crippen LogP contribution < -0.4 is 0 Å². The Kier molecular flexibility index (Phi) is 3.41. The predicted molar refractivity (Wildman–Crippen MR) is 64.6 cm³/mol. The smallest absolute Gasteiger partial charge is 0.371 e. The average molecular weight is 251 g/mol. The van der Waals surface area contributed by atoms with Crippen molar-refractivity contribution in [2.75, 3.05) is 6.54 Å². The maximum atomic E-state index is 12.2. The van der Waals surface area contributed by atoms with Crippen LogP contribution in [0.15, 0.2) is 16.5 Å². The standard InChI is InChI=1S/C13H17NO4/c1-8(2)14(7-9-3-4-9)12(15)10-5-6-11(18-10)13(16)17/h5-6,8-9H,3-4,7H2,1-2H3,(H,16,17). The fourth-order valence-electron chi connectivity index (χ4n) is 1.82. The van der Waals surface area contributed by atoms with Crippen molar-refractivity contribution in [2.24, 2.45) is 5.92 Å². The second-order valence-corrected chi connectivity index (χ2v) is 4.96. The lowest BCUT2D eigenvalue weighted by Gasteiger charge is -2.25. The predicted octanol–water partition coefficient (Wildman–Crippen LogP) is 2.24. The number of carboxylic acid groups (broad SMARTS) is 1. The van der Waals surface area contributed by atoms with Gasteiger partial charge in [0.15, 0.2) is 5.76 Å². The number of hydrogen-bond acceptors (Lipinski definition) is 3.